The number of rotatable bonds is 6. The van der Waals surface area contributed by atoms with Gasteiger partial charge in [0.25, 0.3) is 0 Å². The van der Waals surface area contributed by atoms with Gasteiger partial charge in [-0.05, 0) is 31.5 Å². The van der Waals surface area contributed by atoms with Crippen LogP contribution in [0.1, 0.15) is 25.5 Å². The van der Waals surface area contributed by atoms with E-state index in [1.54, 1.807) is 0 Å². The van der Waals surface area contributed by atoms with Crippen molar-refractivity contribution < 1.29 is 4.74 Å². The lowest BCUT2D eigenvalue weighted by Gasteiger charge is -2.27. The van der Waals surface area contributed by atoms with Crippen molar-refractivity contribution in [3.8, 4) is 11.3 Å². The summed E-state index contributed by atoms with van der Waals surface area (Å²) in [4.78, 5) is 20.9. The van der Waals surface area contributed by atoms with Gasteiger partial charge >= 0.3 is 0 Å². The largest absolute Gasteiger partial charge is 0.378 e. The Kier molecular flexibility index (Phi) is 5.68. The molecule has 1 fully saturated rings. The lowest BCUT2D eigenvalue weighted by molar-refractivity contribution is 0.122. The minimum atomic E-state index is 0.263. The molecule has 4 aromatic rings. The van der Waals surface area contributed by atoms with Crippen LogP contribution in [0, 0.1) is 0 Å². The zero-order valence-electron chi connectivity index (χ0n) is 18.4. The summed E-state index contributed by atoms with van der Waals surface area (Å²) >= 11 is 0. The first-order valence-corrected chi connectivity index (χ1v) is 11.0. The first-order chi connectivity index (χ1) is 15.7. The second-order valence-corrected chi connectivity index (χ2v) is 8.15. The molecule has 1 aliphatic heterocycles. The molecule has 0 bridgehead atoms. The number of morpholine rings is 1. The number of nitrogens with zero attached hydrogens (tertiary/aromatic N) is 6. The van der Waals surface area contributed by atoms with Gasteiger partial charge in [-0.2, -0.15) is 9.97 Å². The van der Waals surface area contributed by atoms with E-state index in [1.807, 2.05) is 30.7 Å². The molecule has 0 unspecified atom stereocenters. The van der Waals surface area contributed by atoms with Gasteiger partial charge in [-0.1, -0.05) is 30.3 Å². The highest BCUT2D eigenvalue weighted by Gasteiger charge is 2.20. The van der Waals surface area contributed by atoms with Gasteiger partial charge in [0, 0.05) is 37.4 Å². The summed E-state index contributed by atoms with van der Waals surface area (Å²) < 4.78 is 7.59. The van der Waals surface area contributed by atoms with Crippen LogP contribution in [-0.2, 0) is 11.3 Å². The van der Waals surface area contributed by atoms with E-state index in [2.05, 4.69) is 62.9 Å². The molecule has 164 valence electrons. The van der Waals surface area contributed by atoms with E-state index in [4.69, 9.17) is 14.7 Å². The SMILES string of the molecule is CC(C)n1cnc2c(NCc3ccc(-c4ccccn4)cc3)nc(N3CCOCC3)nc21. The molecule has 1 aromatic carbocycles. The number of fused-ring (bicyclic) bond motifs is 1. The monoisotopic (exact) mass is 429 g/mol. The van der Waals surface area contributed by atoms with Crippen LogP contribution in [0.2, 0.25) is 0 Å². The Morgan fingerprint density at radius 2 is 1.81 bits per heavy atom. The van der Waals surface area contributed by atoms with Crippen LogP contribution in [0.3, 0.4) is 0 Å². The second kappa shape index (κ2) is 8.92. The summed E-state index contributed by atoms with van der Waals surface area (Å²) in [5.74, 6) is 1.47. The van der Waals surface area contributed by atoms with Crippen molar-refractivity contribution in [1.29, 1.82) is 0 Å². The van der Waals surface area contributed by atoms with E-state index < -0.39 is 0 Å². The number of imidazole rings is 1. The maximum absolute atomic E-state index is 5.50. The molecule has 8 heteroatoms. The summed E-state index contributed by atoms with van der Waals surface area (Å²) in [7, 11) is 0. The predicted molar refractivity (Wildman–Crippen MR) is 126 cm³/mol. The Balaban J connectivity index is 1.41. The Labute approximate surface area is 187 Å². The molecule has 4 heterocycles. The van der Waals surface area contributed by atoms with Gasteiger partial charge in [0.1, 0.15) is 0 Å². The van der Waals surface area contributed by atoms with Gasteiger partial charge in [-0.3, -0.25) is 4.98 Å². The Morgan fingerprint density at radius 1 is 1.00 bits per heavy atom. The van der Waals surface area contributed by atoms with Crippen LogP contribution in [0.4, 0.5) is 11.8 Å². The van der Waals surface area contributed by atoms with Gasteiger partial charge in [0.15, 0.2) is 17.0 Å². The number of hydrogen-bond acceptors (Lipinski definition) is 7. The van der Waals surface area contributed by atoms with E-state index in [9.17, 15) is 0 Å². The lowest BCUT2D eigenvalue weighted by atomic mass is 10.1. The third-order valence-electron chi connectivity index (χ3n) is 5.63. The maximum Gasteiger partial charge on any atom is 0.229 e. The highest BCUT2D eigenvalue weighted by Crippen LogP contribution is 2.26. The van der Waals surface area contributed by atoms with Gasteiger partial charge < -0.3 is 19.5 Å². The molecule has 1 aliphatic rings. The van der Waals surface area contributed by atoms with Crippen molar-refractivity contribution in [2.45, 2.75) is 26.4 Å². The molecule has 0 spiro atoms. The summed E-state index contributed by atoms with van der Waals surface area (Å²) in [6.45, 7) is 7.87. The molecule has 0 radical (unpaired) electrons. The molecule has 5 rings (SSSR count). The van der Waals surface area contributed by atoms with Crippen molar-refractivity contribution in [2.24, 2.45) is 0 Å². The molecule has 0 saturated carbocycles. The van der Waals surface area contributed by atoms with Crippen LogP contribution in [-0.4, -0.2) is 50.8 Å². The molecular weight excluding hydrogens is 402 g/mol. The molecule has 0 aliphatic carbocycles. The number of pyridine rings is 1. The second-order valence-electron chi connectivity index (χ2n) is 8.15. The van der Waals surface area contributed by atoms with Crippen molar-refractivity contribution in [3.63, 3.8) is 0 Å². The van der Waals surface area contributed by atoms with Crippen LogP contribution in [0.5, 0.6) is 0 Å². The van der Waals surface area contributed by atoms with Crippen molar-refractivity contribution >= 4 is 22.9 Å². The molecule has 32 heavy (non-hydrogen) atoms. The average molecular weight is 430 g/mol. The van der Waals surface area contributed by atoms with Gasteiger partial charge in [0.2, 0.25) is 5.95 Å². The Hall–Kier alpha value is -3.52. The Morgan fingerprint density at radius 3 is 2.53 bits per heavy atom. The number of ether oxygens (including phenoxy) is 1. The average Bonchev–Trinajstić information content (AvgIpc) is 3.28. The smallest absolute Gasteiger partial charge is 0.229 e. The van der Waals surface area contributed by atoms with Crippen molar-refractivity contribution in [2.75, 3.05) is 36.5 Å². The minimum Gasteiger partial charge on any atom is -0.378 e. The molecule has 1 N–H and O–H groups in total. The number of anilines is 2. The highest BCUT2D eigenvalue weighted by atomic mass is 16.5. The quantitative estimate of drug-likeness (QED) is 0.497. The van der Waals surface area contributed by atoms with E-state index in [1.165, 1.54) is 0 Å². The number of nitrogens with one attached hydrogen (secondary N) is 1. The fourth-order valence-corrected chi connectivity index (χ4v) is 3.82. The number of benzene rings is 1. The fraction of sp³-hybridized carbons (Fsp3) is 0.333. The van der Waals surface area contributed by atoms with E-state index in [-0.39, 0.29) is 6.04 Å². The third kappa shape index (κ3) is 4.13. The van der Waals surface area contributed by atoms with Gasteiger partial charge in [-0.15, -0.1) is 0 Å². The van der Waals surface area contributed by atoms with Crippen LogP contribution in [0.25, 0.3) is 22.4 Å². The van der Waals surface area contributed by atoms with E-state index >= 15 is 0 Å². The maximum atomic E-state index is 5.50. The summed E-state index contributed by atoms with van der Waals surface area (Å²) in [5.41, 5.74) is 4.88. The minimum absolute atomic E-state index is 0.263. The zero-order chi connectivity index (χ0) is 21.9. The standard InChI is InChI=1S/C24H27N7O/c1-17(2)31-16-27-21-22(28-24(29-23(21)31)30-11-13-32-14-12-30)26-15-18-6-8-19(9-7-18)20-5-3-4-10-25-20/h3-10,16-17H,11-15H2,1-2H3,(H,26,28,29). The first-order valence-electron chi connectivity index (χ1n) is 11.0. The summed E-state index contributed by atoms with van der Waals surface area (Å²) in [6.07, 6.45) is 3.66. The van der Waals surface area contributed by atoms with E-state index in [0.717, 1.165) is 52.8 Å². The van der Waals surface area contributed by atoms with Crippen LogP contribution >= 0.6 is 0 Å². The van der Waals surface area contributed by atoms with Gasteiger partial charge in [-0.25, -0.2) is 4.98 Å². The molecule has 0 amide bonds. The predicted octanol–water partition coefficient (Wildman–Crippen LogP) is 3.92. The first kappa shape index (κ1) is 20.4. The fourth-order valence-electron chi connectivity index (χ4n) is 3.82. The molecule has 3 aromatic heterocycles. The lowest BCUT2D eigenvalue weighted by Crippen LogP contribution is -2.37. The zero-order valence-corrected chi connectivity index (χ0v) is 18.4. The van der Waals surface area contributed by atoms with Crippen LogP contribution < -0.4 is 10.2 Å². The normalized spacial score (nSPS) is 14.3. The van der Waals surface area contributed by atoms with Crippen LogP contribution in [0.15, 0.2) is 55.0 Å². The summed E-state index contributed by atoms with van der Waals surface area (Å²) in [6, 6.07) is 14.6. The topological polar surface area (TPSA) is 81.0 Å². The molecule has 1 saturated heterocycles. The summed E-state index contributed by atoms with van der Waals surface area (Å²) in [5, 5.41) is 3.49. The van der Waals surface area contributed by atoms with Gasteiger partial charge in [0.05, 0.1) is 25.2 Å². The number of aromatic nitrogens is 5. The van der Waals surface area contributed by atoms with Crippen molar-refractivity contribution in [3.05, 3.63) is 60.6 Å². The van der Waals surface area contributed by atoms with Crippen molar-refractivity contribution in [1.82, 2.24) is 24.5 Å². The molecule has 0 atom stereocenters. The highest BCUT2D eigenvalue weighted by molar-refractivity contribution is 5.84. The number of hydrogen-bond donors (Lipinski definition) is 1. The molecule has 8 nitrogen and oxygen atoms in total. The Bertz CT molecular complexity index is 1180. The van der Waals surface area contributed by atoms with E-state index in [0.29, 0.717) is 19.8 Å². The molecular formula is C24H27N7O. The third-order valence-corrected chi connectivity index (χ3v) is 5.63.